The van der Waals surface area contributed by atoms with Gasteiger partial charge in [-0.25, -0.2) is 27.0 Å². The fourth-order valence-electron chi connectivity index (χ4n) is 5.64. The van der Waals surface area contributed by atoms with Crippen LogP contribution in [0.5, 0.6) is 0 Å². The van der Waals surface area contributed by atoms with Gasteiger partial charge in [-0.15, -0.1) is 11.3 Å². The second kappa shape index (κ2) is 18.9. The minimum Gasteiger partial charge on any atom is -0.458 e. The molecule has 1 aromatic heterocycles. The molecule has 9 nitrogen and oxygen atoms in total. The fraction of sp³-hybridized carbons (Fsp3) is 0.514. The van der Waals surface area contributed by atoms with E-state index in [1.165, 1.54) is 6.92 Å². The van der Waals surface area contributed by atoms with E-state index in [2.05, 4.69) is 15.6 Å². The van der Waals surface area contributed by atoms with Gasteiger partial charge in [0.05, 0.1) is 16.0 Å². The van der Waals surface area contributed by atoms with Crippen LogP contribution < -0.4 is 16.4 Å². The lowest BCUT2D eigenvalue weighted by molar-refractivity contribution is -0.151. The first-order valence-corrected chi connectivity index (χ1v) is 19.3. The number of amides is 1. The topological polar surface area (TPSA) is 140 Å². The number of nitrogens with two attached hydrogens (primary N) is 1. The quantitative estimate of drug-likeness (QED) is 0.0990. The summed E-state index contributed by atoms with van der Waals surface area (Å²) in [5.41, 5.74) is 7.11. The summed E-state index contributed by atoms with van der Waals surface area (Å²) in [7, 11) is -4.11. The Bertz CT molecular complexity index is 1710. The van der Waals surface area contributed by atoms with E-state index in [1.54, 1.807) is 13.8 Å². The Hall–Kier alpha value is -3.47. The van der Waals surface area contributed by atoms with Gasteiger partial charge < -0.3 is 21.1 Å². The molecule has 1 amide bonds. The zero-order valence-corrected chi connectivity index (χ0v) is 30.6. The van der Waals surface area contributed by atoms with E-state index in [4.69, 9.17) is 10.5 Å². The first-order valence-electron chi connectivity index (χ1n) is 16.7. The molecule has 0 saturated carbocycles. The van der Waals surface area contributed by atoms with Gasteiger partial charge in [-0.1, -0.05) is 57.9 Å². The summed E-state index contributed by atoms with van der Waals surface area (Å²) >= 11 is 0.441. The maximum Gasteiger partial charge on any atom is 0.435 e. The molecule has 0 fully saturated rings. The SMILES string of the molecule is CCCC(CCC)S(=O)(=O)C[C@H](NC(=O)c1sc(C)nc1C(F)(F)F)C(=O)O[C@H](CNCc1cccc(CC)c1)[C@@H](N)Cc1cc(F)cc(F)c1. The molecule has 0 unspecified atom stereocenters. The van der Waals surface area contributed by atoms with Crippen molar-refractivity contribution < 1.29 is 44.7 Å². The molecule has 0 radical (unpaired) electrons. The van der Waals surface area contributed by atoms with Gasteiger partial charge in [0.1, 0.15) is 28.7 Å². The predicted octanol–water partition coefficient (Wildman–Crippen LogP) is 6.06. The van der Waals surface area contributed by atoms with Gasteiger partial charge in [-0.2, -0.15) is 13.2 Å². The molecule has 3 atom stereocenters. The van der Waals surface area contributed by atoms with E-state index >= 15 is 0 Å². The average Bonchev–Trinajstić information content (AvgIpc) is 3.46. The molecule has 0 aliphatic carbocycles. The number of ether oxygens (including phenoxy) is 1. The number of aryl methyl sites for hydroxylation is 2. The minimum absolute atomic E-state index is 0.0689. The number of rotatable bonds is 19. The van der Waals surface area contributed by atoms with Gasteiger partial charge in [0.25, 0.3) is 5.91 Å². The Labute approximate surface area is 299 Å². The molecule has 4 N–H and O–H groups in total. The lowest BCUT2D eigenvalue weighted by Crippen LogP contribution is -2.52. The molecular weight excluding hydrogens is 716 g/mol. The summed E-state index contributed by atoms with van der Waals surface area (Å²) in [6, 6.07) is 7.49. The molecule has 0 spiro atoms. The lowest BCUT2D eigenvalue weighted by Gasteiger charge is -2.28. The normalized spacial score (nSPS) is 13.9. The van der Waals surface area contributed by atoms with Crippen molar-refractivity contribution in [1.82, 2.24) is 15.6 Å². The first-order chi connectivity index (χ1) is 24.0. The zero-order valence-electron chi connectivity index (χ0n) is 29.0. The molecular formula is C35H45F5N4O5S2. The number of thiazole rings is 1. The molecule has 0 bridgehead atoms. The van der Waals surface area contributed by atoms with Gasteiger partial charge in [-0.05, 0) is 61.4 Å². The number of aromatic nitrogens is 1. The monoisotopic (exact) mass is 760 g/mol. The van der Waals surface area contributed by atoms with Crippen LogP contribution in [-0.4, -0.2) is 61.0 Å². The van der Waals surface area contributed by atoms with E-state index in [1.807, 2.05) is 31.2 Å². The molecule has 0 saturated heterocycles. The van der Waals surface area contributed by atoms with Crippen LogP contribution in [0.15, 0.2) is 42.5 Å². The second-order valence-electron chi connectivity index (χ2n) is 12.4. The summed E-state index contributed by atoms with van der Waals surface area (Å²) in [6.07, 6.45) is -4.07. The highest BCUT2D eigenvalue weighted by Gasteiger charge is 2.41. The van der Waals surface area contributed by atoms with E-state index < -0.39 is 79.3 Å². The molecule has 2 aromatic carbocycles. The van der Waals surface area contributed by atoms with Gasteiger partial charge in [0, 0.05) is 25.2 Å². The molecule has 0 aliphatic heterocycles. The number of alkyl halides is 3. The van der Waals surface area contributed by atoms with E-state index in [0.717, 1.165) is 29.7 Å². The average molecular weight is 761 g/mol. The van der Waals surface area contributed by atoms with Crippen molar-refractivity contribution in [3.05, 3.63) is 86.4 Å². The Kier molecular flexibility index (Phi) is 15.5. The molecule has 51 heavy (non-hydrogen) atoms. The van der Waals surface area contributed by atoms with Gasteiger partial charge >= 0.3 is 12.1 Å². The van der Waals surface area contributed by atoms with Crippen LogP contribution >= 0.6 is 11.3 Å². The Morgan fingerprint density at radius 2 is 1.61 bits per heavy atom. The van der Waals surface area contributed by atoms with Crippen molar-refractivity contribution in [2.45, 2.75) is 102 Å². The van der Waals surface area contributed by atoms with Crippen LogP contribution in [0.25, 0.3) is 0 Å². The third-order valence-corrected chi connectivity index (χ3v) is 11.4. The summed E-state index contributed by atoms with van der Waals surface area (Å²) in [5, 5.41) is 4.37. The summed E-state index contributed by atoms with van der Waals surface area (Å²) in [4.78, 5) is 29.7. The zero-order chi connectivity index (χ0) is 37.9. The lowest BCUT2D eigenvalue weighted by atomic mass is 10.0. The van der Waals surface area contributed by atoms with Crippen LogP contribution in [0, 0.1) is 18.6 Å². The van der Waals surface area contributed by atoms with Crippen molar-refractivity contribution in [2.24, 2.45) is 5.73 Å². The van der Waals surface area contributed by atoms with E-state index in [9.17, 15) is 40.0 Å². The molecule has 0 aliphatic rings. The van der Waals surface area contributed by atoms with Crippen LogP contribution in [0.1, 0.15) is 83.5 Å². The largest absolute Gasteiger partial charge is 0.458 e. The highest BCUT2D eigenvalue weighted by molar-refractivity contribution is 7.92. The minimum atomic E-state index is -5.00. The van der Waals surface area contributed by atoms with Gasteiger partial charge in [0.15, 0.2) is 15.5 Å². The smallest absolute Gasteiger partial charge is 0.435 e. The maximum absolute atomic E-state index is 14.0. The number of carbonyl (C=O) groups excluding carboxylic acids is 2. The third-order valence-electron chi connectivity index (χ3n) is 8.14. The Balaban J connectivity index is 1.96. The third kappa shape index (κ3) is 12.6. The van der Waals surface area contributed by atoms with Crippen molar-refractivity contribution in [2.75, 3.05) is 12.3 Å². The number of esters is 1. The van der Waals surface area contributed by atoms with E-state index in [-0.39, 0.29) is 36.4 Å². The van der Waals surface area contributed by atoms with Crippen LogP contribution in [-0.2, 0) is 44.9 Å². The number of nitrogens with zero attached hydrogens (tertiary/aromatic N) is 1. The van der Waals surface area contributed by atoms with Crippen LogP contribution in [0.2, 0.25) is 0 Å². The number of sulfone groups is 1. The van der Waals surface area contributed by atoms with Crippen molar-refractivity contribution in [3.8, 4) is 0 Å². The highest BCUT2D eigenvalue weighted by atomic mass is 32.2. The fourth-order valence-corrected chi connectivity index (χ4v) is 8.63. The first kappa shape index (κ1) is 41.9. The Morgan fingerprint density at radius 1 is 0.980 bits per heavy atom. The number of carbonyl (C=O) groups is 2. The molecule has 3 rings (SSSR count). The summed E-state index contributed by atoms with van der Waals surface area (Å²) in [6.45, 7) is 7.05. The predicted molar refractivity (Wildman–Crippen MR) is 186 cm³/mol. The van der Waals surface area contributed by atoms with Gasteiger partial charge in [0.2, 0.25) is 0 Å². The number of halogens is 5. The second-order valence-corrected chi connectivity index (χ2v) is 15.9. The maximum atomic E-state index is 14.0. The van der Waals surface area contributed by atoms with Crippen molar-refractivity contribution >= 4 is 33.1 Å². The van der Waals surface area contributed by atoms with Gasteiger partial charge in [-0.3, -0.25) is 4.79 Å². The van der Waals surface area contributed by atoms with Crippen molar-refractivity contribution in [3.63, 3.8) is 0 Å². The number of benzene rings is 2. The highest BCUT2D eigenvalue weighted by Crippen LogP contribution is 2.34. The van der Waals surface area contributed by atoms with Crippen molar-refractivity contribution in [1.29, 1.82) is 0 Å². The summed E-state index contributed by atoms with van der Waals surface area (Å²) in [5.74, 6) is -5.25. The number of nitrogens with one attached hydrogen (secondary N) is 2. The summed E-state index contributed by atoms with van der Waals surface area (Å²) < 4.78 is 102. The molecule has 16 heteroatoms. The van der Waals surface area contributed by atoms with Crippen LogP contribution in [0.4, 0.5) is 22.0 Å². The number of hydrogen-bond donors (Lipinski definition) is 3. The van der Waals surface area contributed by atoms with E-state index in [0.29, 0.717) is 36.8 Å². The molecule has 3 aromatic rings. The molecule has 1 heterocycles. The Morgan fingerprint density at radius 3 is 2.20 bits per heavy atom. The number of hydrogen-bond acceptors (Lipinski definition) is 9. The van der Waals surface area contributed by atoms with Crippen LogP contribution in [0.3, 0.4) is 0 Å². The standard InChI is InChI=1S/C35H45F5N4O5S2/c1-5-9-27(10-6-2)51(47,48)20-29(44-33(45)31-32(35(38,39)40)43-21(4)50-31)34(46)49-30(19-42-18-23-12-8-11-22(7-3)13-23)28(41)16-24-14-25(36)17-26(37)15-24/h8,11-15,17,27-30,42H,5-7,9-10,16,18-20,41H2,1-4H3,(H,44,45)/t28-,29-,30+/m0/s1. The molecule has 282 valence electrons.